The Hall–Kier alpha value is -2.14. The van der Waals surface area contributed by atoms with Gasteiger partial charge in [0.05, 0.1) is 6.04 Å². The number of fused-ring (bicyclic) bond motifs is 1. The first-order valence-corrected chi connectivity index (χ1v) is 13.3. The molecule has 0 radical (unpaired) electrons. The summed E-state index contributed by atoms with van der Waals surface area (Å²) in [5, 5.41) is 2.13. The molecule has 33 heavy (non-hydrogen) atoms. The molecule has 2 amide bonds. The fraction of sp³-hybridized carbons (Fsp3) is 0.571. The molecule has 1 aromatic carbocycles. The molecule has 1 aliphatic heterocycles. The topological polar surface area (TPSA) is 40.6 Å². The van der Waals surface area contributed by atoms with Crippen molar-refractivity contribution in [2.24, 2.45) is 5.92 Å². The zero-order valence-corrected chi connectivity index (χ0v) is 22.0. The first-order valence-electron chi connectivity index (χ1n) is 12.4. The molecule has 2 unspecified atom stereocenters. The summed E-state index contributed by atoms with van der Waals surface area (Å²) in [5.74, 6) is 0.132. The Kier molecular flexibility index (Phi) is 8.38. The maximum absolute atomic E-state index is 13.8. The van der Waals surface area contributed by atoms with Crippen LogP contribution in [0.4, 0.5) is 0 Å². The second kappa shape index (κ2) is 10.9. The summed E-state index contributed by atoms with van der Waals surface area (Å²) in [6.45, 7) is 13.2. The van der Waals surface area contributed by atoms with Crippen molar-refractivity contribution in [1.29, 1.82) is 0 Å². The van der Waals surface area contributed by atoms with E-state index in [2.05, 4.69) is 56.5 Å². The van der Waals surface area contributed by atoms with E-state index in [0.29, 0.717) is 6.54 Å². The van der Waals surface area contributed by atoms with Gasteiger partial charge in [-0.3, -0.25) is 9.59 Å². The minimum absolute atomic E-state index is 0.0188. The van der Waals surface area contributed by atoms with E-state index >= 15 is 0 Å². The third-order valence-electron chi connectivity index (χ3n) is 6.80. The van der Waals surface area contributed by atoms with Gasteiger partial charge in [-0.05, 0) is 69.5 Å². The normalized spacial score (nSPS) is 16.9. The fourth-order valence-electron chi connectivity index (χ4n) is 4.74. The highest BCUT2D eigenvalue weighted by atomic mass is 32.1. The predicted molar refractivity (Wildman–Crippen MR) is 138 cm³/mol. The molecule has 0 saturated carbocycles. The molecule has 1 aliphatic rings. The van der Waals surface area contributed by atoms with Crippen molar-refractivity contribution in [3.8, 4) is 0 Å². The molecular formula is C28H40N2O2S. The molecule has 2 heterocycles. The van der Waals surface area contributed by atoms with Crippen LogP contribution in [0.1, 0.15) is 87.9 Å². The van der Waals surface area contributed by atoms with Crippen LogP contribution in [0.5, 0.6) is 0 Å². The number of carbonyl (C=O) groups excluding carboxylic acids is 2. The molecule has 0 aliphatic carbocycles. The molecule has 2 atom stereocenters. The standard InChI is InChI=1S/C28H40N2O2S/c1-7-9-10-21(8-2)27(32)30(28(4,5)6)19-25(31)29-17-15-24-23(16-18-33-24)26(29)22-13-11-20(3)12-14-22/h11-14,16,18,21,26H,7-10,15,17,19H2,1-6H3. The second-order valence-corrected chi connectivity index (χ2v) is 11.3. The highest BCUT2D eigenvalue weighted by Crippen LogP contribution is 2.38. The van der Waals surface area contributed by atoms with Crippen LogP contribution in [0.3, 0.4) is 0 Å². The number of unbranched alkanes of at least 4 members (excludes halogenated alkanes) is 1. The quantitative estimate of drug-likeness (QED) is 0.451. The van der Waals surface area contributed by atoms with Crippen LogP contribution in [0.15, 0.2) is 35.7 Å². The molecule has 0 N–H and O–H groups in total. The van der Waals surface area contributed by atoms with Crippen LogP contribution in [0, 0.1) is 12.8 Å². The van der Waals surface area contributed by atoms with Gasteiger partial charge in [-0.2, -0.15) is 0 Å². The van der Waals surface area contributed by atoms with Gasteiger partial charge in [0.25, 0.3) is 0 Å². The smallest absolute Gasteiger partial charge is 0.243 e. The van der Waals surface area contributed by atoms with Gasteiger partial charge < -0.3 is 9.80 Å². The van der Waals surface area contributed by atoms with Crippen LogP contribution in [0.25, 0.3) is 0 Å². The van der Waals surface area contributed by atoms with Crippen molar-refractivity contribution in [2.75, 3.05) is 13.1 Å². The number of nitrogens with zero attached hydrogens (tertiary/aromatic N) is 2. The molecule has 1 aromatic heterocycles. The summed E-state index contributed by atoms with van der Waals surface area (Å²) in [5.41, 5.74) is 3.16. The van der Waals surface area contributed by atoms with Gasteiger partial charge in [0.15, 0.2) is 0 Å². The van der Waals surface area contributed by atoms with Crippen molar-refractivity contribution in [1.82, 2.24) is 9.80 Å². The number of rotatable bonds is 8. The molecule has 0 spiro atoms. The summed E-state index contributed by atoms with van der Waals surface area (Å²) >= 11 is 1.78. The van der Waals surface area contributed by atoms with Crippen LogP contribution < -0.4 is 0 Å². The van der Waals surface area contributed by atoms with E-state index in [1.54, 1.807) is 11.3 Å². The van der Waals surface area contributed by atoms with Crippen LogP contribution >= 0.6 is 11.3 Å². The Morgan fingerprint density at radius 3 is 2.45 bits per heavy atom. The lowest BCUT2D eigenvalue weighted by Gasteiger charge is -2.41. The van der Waals surface area contributed by atoms with Crippen molar-refractivity contribution in [3.05, 3.63) is 57.3 Å². The van der Waals surface area contributed by atoms with Crippen LogP contribution in [-0.2, 0) is 16.0 Å². The minimum Gasteiger partial charge on any atom is -0.330 e. The van der Waals surface area contributed by atoms with Gasteiger partial charge in [0.2, 0.25) is 11.8 Å². The number of aryl methyl sites for hydroxylation is 1. The minimum atomic E-state index is -0.408. The van der Waals surface area contributed by atoms with Gasteiger partial charge in [-0.15, -0.1) is 11.3 Å². The Balaban J connectivity index is 1.89. The fourth-order valence-corrected chi connectivity index (χ4v) is 5.64. The molecule has 0 bridgehead atoms. The number of carbonyl (C=O) groups is 2. The monoisotopic (exact) mass is 468 g/mol. The van der Waals surface area contributed by atoms with E-state index in [1.807, 2.05) is 30.6 Å². The largest absolute Gasteiger partial charge is 0.330 e. The lowest BCUT2D eigenvalue weighted by Crippen LogP contribution is -2.54. The van der Waals surface area contributed by atoms with Gasteiger partial charge in [-0.1, -0.05) is 56.5 Å². The summed E-state index contributed by atoms with van der Waals surface area (Å²) in [6.07, 6.45) is 4.69. The molecule has 180 valence electrons. The maximum atomic E-state index is 13.8. The van der Waals surface area contributed by atoms with E-state index in [0.717, 1.165) is 37.7 Å². The lowest BCUT2D eigenvalue weighted by atomic mass is 9.92. The molecule has 3 rings (SSSR count). The van der Waals surface area contributed by atoms with E-state index < -0.39 is 5.54 Å². The Labute approximate surface area is 204 Å². The Morgan fingerprint density at radius 2 is 1.85 bits per heavy atom. The van der Waals surface area contributed by atoms with Crippen molar-refractivity contribution in [2.45, 2.75) is 85.2 Å². The summed E-state index contributed by atoms with van der Waals surface area (Å²) < 4.78 is 0. The summed E-state index contributed by atoms with van der Waals surface area (Å²) in [6, 6.07) is 10.6. The first kappa shape index (κ1) is 25.5. The first-order chi connectivity index (χ1) is 15.7. The Morgan fingerprint density at radius 1 is 1.15 bits per heavy atom. The van der Waals surface area contributed by atoms with Crippen molar-refractivity contribution >= 4 is 23.2 Å². The van der Waals surface area contributed by atoms with Crippen LogP contribution in [0.2, 0.25) is 0 Å². The predicted octanol–water partition coefficient (Wildman–Crippen LogP) is 6.37. The summed E-state index contributed by atoms with van der Waals surface area (Å²) in [7, 11) is 0. The number of benzene rings is 1. The number of hydrogen-bond donors (Lipinski definition) is 0. The second-order valence-electron chi connectivity index (χ2n) is 10.3. The average molecular weight is 469 g/mol. The van der Waals surface area contributed by atoms with Crippen LogP contribution in [-0.4, -0.2) is 40.2 Å². The number of hydrogen-bond acceptors (Lipinski definition) is 3. The molecule has 0 fully saturated rings. The van der Waals surface area contributed by atoms with E-state index in [1.165, 1.54) is 16.0 Å². The number of thiophene rings is 1. The van der Waals surface area contributed by atoms with Gasteiger partial charge >= 0.3 is 0 Å². The molecule has 4 nitrogen and oxygen atoms in total. The third kappa shape index (κ3) is 5.87. The molecule has 0 saturated heterocycles. The van der Waals surface area contributed by atoms with E-state index in [-0.39, 0.29) is 30.3 Å². The molecule has 5 heteroatoms. The van der Waals surface area contributed by atoms with Gasteiger partial charge in [-0.25, -0.2) is 0 Å². The highest BCUT2D eigenvalue weighted by molar-refractivity contribution is 7.10. The van der Waals surface area contributed by atoms with Gasteiger partial charge in [0.1, 0.15) is 6.54 Å². The van der Waals surface area contributed by atoms with Gasteiger partial charge in [0, 0.05) is 22.9 Å². The number of amides is 2. The summed E-state index contributed by atoms with van der Waals surface area (Å²) in [4.78, 5) is 32.5. The molecular weight excluding hydrogens is 428 g/mol. The maximum Gasteiger partial charge on any atom is 0.243 e. The highest BCUT2D eigenvalue weighted by Gasteiger charge is 2.37. The van der Waals surface area contributed by atoms with E-state index in [9.17, 15) is 9.59 Å². The third-order valence-corrected chi connectivity index (χ3v) is 7.79. The SMILES string of the molecule is CCCCC(CC)C(=O)N(CC(=O)N1CCc2sccc2C1c1ccc(C)cc1)C(C)(C)C. The zero-order chi connectivity index (χ0) is 24.2. The molecule has 2 aromatic rings. The average Bonchev–Trinajstić information content (AvgIpc) is 3.25. The lowest BCUT2D eigenvalue weighted by molar-refractivity contribution is -0.148. The Bertz CT molecular complexity index is 942. The van der Waals surface area contributed by atoms with Crippen molar-refractivity contribution in [3.63, 3.8) is 0 Å². The van der Waals surface area contributed by atoms with E-state index in [4.69, 9.17) is 0 Å². The zero-order valence-electron chi connectivity index (χ0n) is 21.2. The van der Waals surface area contributed by atoms with Crippen molar-refractivity contribution < 1.29 is 9.59 Å².